The molecule has 132 valence electrons. The van der Waals surface area contributed by atoms with Gasteiger partial charge in [0.1, 0.15) is 17.9 Å². The highest BCUT2D eigenvalue weighted by Crippen LogP contribution is 2.32. The van der Waals surface area contributed by atoms with E-state index < -0.39 is 12.1 Å². The molecule has 0 radical (unpaired) electrons. The normalized spacial score (nSPS) is 13.7. The van der Waals surface area contributed by atoms with Gasteiger partial charge < -0.3 is 10.2 Å². The SMILES string of the molecule is Cc1cc(C)c(O)c(C=NC(c2ccccc2)C(O)c2ccccc2)c1. The van der Waals surface area contributed by atoms with Crippen molar-refractivity contribution >= 4 is 6.21 Å². The Hall–Kier alpha value is -2.91. The van der Waals surface area contributed by atoms with Crippen molar-refractivity contribution in [3.63, 3.8) is 0 Å². The van der Waals surface area contributed by atoms with E-state index in [-0.39, 0.29) is 5.75 Å². The number of hydrogen-bond acceptors (Lipinski definition) is 3. The molecule has 3 aromatic carbocycles. The number of aliphatic hydroxyl groups is 1. The molecule has 26 heavy (non-hydrogen) atoms. The number of aliphatic hydroxyl groups excluding tert-OH is 1. The fourth-order valence-corrected chi connectivity index (χ4v) is 3.08. The van der Waals surface area contributed by atoms with Crippen molar-refractivity contribution in [2.75, 3.05) is 0 Å². The number of aromatic hydroxyl groups is 1. The Morgan fingerprint density at radius 2 is 1.42 bits per heavy atom. The Labute approximate surface area is 154 Å². The number of phenols is 1. The molecule has 0 saturated heterocycles. The minimum Gasteiger partial charge on any atom is -0.507 e. The van der Waals surface area contributed by atoms with Crippen molar-refractivity contribution < 1.29 is 10.2 Å². The van der Waals surface area contributed by atoms with Gasteiger partial charge >= 0.3 is 0 Å². The molecule has 0 aliphatic carbocycles. The zero-order chi connectivity index (χ0) is 18.5. The fraction of sp³-hybridized carbons (Fsp3) is 0.174. The number of phenolic OH excluding ortho intramolecular Hbond substituents is 1. The largest absolute Gasteiger partial charge is 0.507 e. The van der Waals surface area contributed by atoms with E-state index in [4.69, 9.17) is 0 Å². The second-order valence-corrected chi connectivity index (χ2v) is 6.51. The van der Waals surface area contributed by atoms with Gasteiger partial charge in [-0.25, -0.2) is 0 Å². The lowest BCUT2D eigenvalue weighted by Crippen LogP contribution is -2.09. The molecule has 0 amide bonds. The van der Waals surface area contributed by atoms with Crippen LogP contribution in [-0.4, -0.2) is 16.4 Å². The molecular weight excluding hydrogens is 322 g/mol. The van der Waals surface area contributed by atoms with E-state index in [1.165, 1.54) is 0 Å². The van der Waals surface area contributed by atoms with Gasteiger partial charge in [-0.2, -0.15) is 0 Å². The van der Waals surface area contributed by atoms with Crippen LogP contribution >= 0.6 is 0 Å². The van der Waals surface area contributed by atoms with Gasteiger partial charge in [-0.3, -0.25) is 4.99 Å². The van der Waals surface area contributed by atoms with Crippen LogP contribution in [0.1, 0.15) is 40.0 Å². The van der Waals surface area contributed by atoms with Crippen LogP contribution in [0.4, 0.5) is 0 Å². The van der Waals surface area contributed by atoms with E-state index in [0.717, 1.165) is 22.3 Å². The van der Waals surface area contributed by atoms with Gasteiger partial charge in [0.2, 0.25) is 0 Å². The van der Waals surface area contributed by atoms with Crippen LogP contribution in [0.5, 0.6) is 5.75 Å². The monoisotopic (exact) mass is 345 g/mol. The molecular formula is C23H23NO2. The molecule has 0 aliphatic heterocycles. The molecule has 3 aromatic rings. The third kappa shape index (κ3) is 4.01. The van der Waals surface area contributed by atoms with Crippen molar-refractivity contribution in [1.82, 2.24) is 0 Å². The summed E-state index contributed by atoms with van der Waals surface area (Å²) in [5.41, 5.74) is 4.25. The van der Waals surface area contributed by atoms with Crippen molar-refractivity contribution in [2.24, 2.45) is 4.99 Å². The molecule has 0 heterocycles. The lowest BCUT2D eigenvalue weighted by atomic mass is 9.96. The van der Waals surface area contributed by atoms with Gasteiger partial charge in [-0.05, 0) is 42.2 Å². The van der Waals surface area contributed by atoms with Gasteiger partial charge in [0.15, 0.2) is 0 Å². The fourth-order valence-electron chi connectivity index (χ4n) is 3.08. The molecule has 0 spiro atoms. The molecule has 3 nitrogen and oxygen atoms in total. The molecule has 2 N–H and O–H groups in total. The van der Waals surface area contributed by atoms with Gasteiger partial charge in [-0.1, -0.05) is 66.7 Å². The lowest BCUT2D eigenvalue weighted by Gasteiger charge is -2.20. The van der Waals surface area contributed by atoms with Gasteiger partial charge in [0, 0.05) is 11.8 Å². The lowest BCUT2D eigenvalue weighted by molar-refractivity contribution is 0.148. The van der Waals surface area contributed by atoms with E-state index in [1.54, 1.807) is 6.21 Å². The van der Waals surface area contributed by atoms with Crippen LogP contribution in [0, 0.1) is 13.8 Å². The summed E-state index contributed by atoms with van der Waals surface area (Å²) in [5, 5.41) is 21.2. The van der Waals surface area contributed by atoms with Crippen molar-refractivity contribution in [2.45, 2.75) is 26.0 Å². The maximum absolute atomic E-state index is 10.9. The van der Waals surface area contributed by atoms with Crippen LogP contribution in [0.3, 0.4) is 0 Å². The quantitative estimate of drug-likeness (QED) is 0.646. The van der Waals surface area contributed by atoms with Crippen molar-refractivity contribution in [1.29, 1.82) is 0 Å². The number of benzene rings is 3. The van der Waals surface area contributed by atoms with Crippen LogP contribution in [0.25, 0.3) is 0 Å². The predicted octanol–water partition coefficient (Wildman–Crippen LogP) is 4.90. The number of aliphatic imine (C=N–C) groups is 1. The van der Waals surface area contributed by atoms with E-state index in [0.29, 0.717) is 5.56 Å². The summed E-state index contributed by atoms with van der Waals surface area (Å²) in [6.45, 7) is 3.85. The van der Waals surface area contributed by atoms with Crippen LogP contribution < -0.4 is 0 Å². The van der Waals surface area contributed by atoms with Gasteiger partial charge in [-0.15, -0.1) is 0 Å². The zero-order valence-electron chi connectivity index (χ0n) is 15.0. The summed E-state index contributed by atoms with van der Waals surface area (Å²) in [7, 11) is 0. The van der Waals surface area contributed by atoms with Gasteiger partial charge in [0.05, 0.1) is 0 Å². The summed E-state index contributed by atoms with van der Waals surface area (Å²) in [5.74, 6) is 0.223. The first-order valence-corrected chi connectivity index (χ1v) is 8.67. The number of rotatable bonds is 5. The summed E-state index contributed by atoms with van der Waals surface area (Å²) >= 11 is 0. The zero-order valence-corrected chi connectivity index (χ0v) is 15.0. The summed E-state index contributed by atoms with van der Waals surface area (Å²) in [6.07, 6.45) is 0.877. The number of hydrogen-bond donors (Lipinski definition) is 2. The first-order chi connectivity index (χ1) is 12.6. The molecule has 2 unspecified atom stereocenters. The molecule has 3 heteroatoms. The minimum absolute atomic E-state index is 0.223. The highest BCUT2D eigenvalue weighted by molar-refractivity contribution is 5.84. The summed E-state index contributed by atoms with van der Waals surface area (Å²) in [6, 6.07) is 22.6. The minimum atomic E-state index is -0.775. The standard InChI is InChI=1S/C23H23NO2/c1-16-13-17(2)22(25)20(14-16)15-24-21(18-9-5-3-6-10-18)23(26)19-11-7-4-8-12-19/h3-15,21,23,25-26H,1-2H3. The topological polar surface area (TPSA) is 52.8 Å². The number of nitrogens with zero attached hydrogens (tertiary/aromatic N) is 1. The highest BCUT2D eigenvalue weighted by Gasteiger charge is 2.21. The summed E-state index contributed by atoms with van der Waals surface area (Å²) < 4.78 is 0. The predicted molar refractivity (Wildman–Crippen MR) is 106 cm³/mol. The molecule has 2 atom stereocenters. The molecule has 0 saturated carbocycles. The Bertz CT molecular complexity index is 889. The molecule has 0 bridgehead atoms. The maximum atomic E-state index is 10.9. The van der Waals surface area contributed by atoms with Gasteiger partial charge in [0.25, 0.3) is 0 Å². The smallest absolute Gasteiger partial charge is 0.127 e. The molecule has 3 rings (SSSR count). The van der Waals surface area contributed by atoms with E-state index >= 15 is 0 Å². The Morgan fingerprint density at radius 3 is 2.04 bits per heavy atom. The van der Waals surface area contributed by atoms with E-state index in [2.05, 4.69) is 4.99 Å². The molecule has 0 aliphatic rings. The average molecular weight is 345 g/mol. The molecule has 0 aromatic heterocycles. The van der Waals surface area contributed by atoms with Crippen LogP contribution in [-0.2, 0) is 0 Å². The van der Waals surface area contributed by atoms with Crippen molar-refractivity contribution in [3.8, 4) is 5.75 Å². The Morgan fingerprint density at radius 1 is 0.846 bits per heavy atom. The van der Waals surface area contributed by atoms with Crippen LogP contribution in [0.2, 0.25) is 0 Å². The first kappa shape index (κ1) is 17.9. The first-order valence-electron chi connectivity index (χ1n) is 8.67. The molecule has 0 fully saturated rings. The third-order valence-electron chi connectivity index (χ3n) is 4.43. The van der Waals surface area contributed by atoms with Crippen LogP contribution in [0.15, 0.2) is 77.8 Å². The second-order valence-electron chi connectivity index (χ2n) is 6.51. The Balaban J connectivity index is 1.99. The Kier molecular flexibility index (Phi) is 5.49. The maximum Gasteiger partial charge on any atom is 0.127 e. The van der Waals surface area contributed by atoms with E-state index in [9.17, 15) is 10.2 Å². The van der Waals surface area contributed by atoms with E-state index in [1.807, 2.05) is 86.6 Å². The number of aryl methyl sites for hydroxylation is 2. The second kappa shape index (κ2) is 7.98. The average Bonchev–Trinajstić information content (AvgIpc) is 2.67. The van der Waals surface area contributed by atoms with Crippen molar-refractivity contribution in [3.05, 3.63) is 101 Å². The summed E-state index contributed by atoms with van der Waals surface area (Å²) in [4.78, 5) is 4.65. The highest BCUT2D eigenvalue weighted by atomic mass is 16.3. The third-order valence-corrected chi connectivity index (χ3v) is 4.43.